The van der Waals surface area contributed by atoms with Gasteiger partial charge in [0.1, 0.15) is 35.2 Å². The van der Waals surface area contributed by atoms with Crippen molar-refractivity contribution in [1.82, 2.24) is 14.9 Å². The minimum Gasteiger partial charge on any atom is -0.497 e. The van der Waals surface area contributed by atoms with Crippen LogP contribution in [0, 0.1) is 11.8 Å². The molecule has 8 rings (SSSR count). The van der Waals surface area contributed by atoms with Crippen molar-refractivity contribution in [3.05, 3.63) is 66.0 Å². The summed E-state index contributed by atoms with van der Waals surface area (Å²) in [6, 6.07) is 10.0. The van der Waals surface area contributed by atoms with E-state index in [4.69, 9.17) is 28.6 Å². The highest BCUT2D eigenvalue weighted by atomic mass is 32.1. The lowest BCUT2D eigenvalue weighted by atomic mass is 9.94. The average Bonchev–Trinajstić information content (AvgIpc) is 3.86. The number of hydrogen-bond donors (Lipinski definition) is 2. The standard InChI is InChI=1S/C46H57N4O9PS/c1-29(2)47-45-49-39(28-61-45)38-23-42(36-18-17-33(56-3)21-37(36)48-38)58-35-22-40-41(51)25-46(60(54,55)27-34-16-11-19-57-34)24-31(46)13-8-6-4-5-7-12-30(44(53)50(40)26-35)20-43(52)59-32-14-9-10-15-32/h8,11,13,16-19,21,23,28-32,35,40H,4-7,9-10,12,14-15,20,22,24-27H2,1-3H3,(H,47,49)(H,54,55)/b13-8-/t30?,31-,35-,40+,46-/m1/s1. The number of furan rings is 1. The van der Waals surface area contributed by atoms with Crippen LogP contribution in [-0.4, -0.2) is 80.5 Å². The molecule has 13 nitrogen and oxygen atoms in total. The van der Waals surface area contributed by atoms with Crippen molar-refractivity contribution in [1.29, 1.82) is 0 Å². The molecule has 0 spiro atoms. The van der Waals surface area contributed by atoms with E-state index in [1.54, 1.807) is 24.1 Å². The Balaban J connectivity index is 1.13. The molecule has 0 bridgehead atoms. The van der Waals surface area contributed by atoms with Gasteiger partial charge >= 0.3 is 5.97 Å². The van der Waals surface area contributed by atoms with Crippen LogP contribution >= 0.6 is 18.7 Å². The Kier molecular flexibility index (Phi) is 13.0. The van der Waals surface area contributed by atoms with E-state index in [1.807, 2.05) is 49.6 Å². The number of hydrogen-bond acceptors (Lipinski definition) is 12. The third-order valence-corrected chi connectivity index (χ3v) is 16.3. The second-order valence-corrected chi connectivity index (χ2v) is 21.0. The topological polar surface area (TPSA) is 170 Å². The molecule has 3 fully saturated rings. The molecule has 2 unspecified atom stereocenters. The first-order chi connectivity index (χ1) is 29.4. The molecule has 1 aromatic carbocycles. The first-order valence-corrected chi connectivity index (χ1v) is 24.6. The normalized spacial score (nSPS) is 26.5. The largest absolute Gasteiger partial charge is 0.497 e. The smallest absolute Gasteiger partial charge is 0.306 e. The number of Topliss-reactive ketones (excluding diaryl/α,β-unsaturated/α-hetero) is 1. The maximum absolute atomic E-state index is 14.9. The van der Waals surface area contributed by atoms with Crippen molar-refractivity contribution in [2.24, 2.45) is 11.8 Å². The van der Waals surface area contributed by atoms with E-state index in [9.17, 15) is 23.8 Å². The van der Waals surface area contributed by atoms with Crippen molar-refractivity contribution in [2.45, 2.75) is 133 Å². The number of esters is 1. The highest BCUT2D eigenvalue weighted by Crippen LogP contribution is 2.74. The van der Waals surface area contributed by atoms with Gasteiger partial charge in [0, 0.05) is 47.7 Å². The maximum Gasteiger partial charge on any atom is 0.306 e. The van der Waals surface area contributed by atoms with E-state index in [-0.39, 0.29) is 67.7 Å². The first kappa shape index (κ1) is 43.1. The van der Waals surface area contributed by atoms with Gasteiger partial charge in [0.25, 0.3) is 0 Å². The number of anilines is 1. The number of rotatable bonds is 12. The fourth-order valence-corrected chi connectivity index (χ4v) is 12.7. The summed E-state index contributed by atoms with van der Waals surface area (Å²) < 4.78 is 38.2. The molecule has 6 atom stereocenters. The number of methoxy groups -OCH3 is 1. The number of fused-ring (bicyclic) bond motifs is 3. The second-order valence-electron chi connectivity index (χ2n) is 17.6. The lowest BCUT2D eigenvalue weighted by Gasteiger charge is -2.30. The predicted molar refractivity (Wildman–Crippen MR) is 234 cm³/mol. The maximum atomic E-state index is 14.9. The molecule has 326 valence electrons. The molecule has 1 saturated heterocycles. The quantitative estimate of drug-likeness (QED) is 0.0787. The van der Waals surface area contributed by atoms with Crippen LogP contribution in [0.5, 0.6) is 11.5 Å². The Morgan fingerprint density at radius 3 is 2.66 bits per heavy atom. The van der Waals surface area contributed by atoms with Gasteiger partial charge in [-0.2, -0.15) is 0 Å². The van der Waals surface area contributed by atoms with Crippen LogP contribution < -0.4 is 14.8 Å². The molecule has 61 heavy (non-hydrogen) atoms. The van der Waals surface area contributed by atoms with Crippen molar-refractivity contribution in [3.8, 4) is 22.9 Å². The lowest BCUT2D eigenvalue weighted by molar-refractivity contribution is -0.154. The number of aromatic nitrogens is 2. The number of benzene rings is 1. The molecule has 2 N–H and O–H groups in total. The average molecular weight is 873 g/mol. The zero-order valence-electron chi connectivity index (χ0n) is 35.3. The van der Waals surface area contributed by atoms with E-state index in [0.29, 0.717) is 47.0 Å². The van der Waals surface area contributed by atoms with Gasteiger partial charge in [-0.05, 0) is 95.4 Å². The Hall–Kier alpha value is -4.52. The van der Waals surface area contributed by atoms with Crippen LogP contribution in [0.1, 0.15) is 103 Å². The van der Waals surface area contributed by atoms with Crippen molar-refractivity contribution >= 4 is 52.4 Å². The summed E-state index contributed by atoms with van der Waals surface area (Å²) in [7, 11) is -2.40. The molecule has 15 heteroatoms. The molecule has 4 aliphatic rings. The molecule has 1 amide bonds. The second kappa shape index (κ2) is 18.4. The van der Waals surface area contributed by atoms with Crippen LogP contribution in [0.3, 0.4) is 0 Å². The minimum atomic E-state index is -4.00. The number of allylic oxidation sites excluding steroid dienone is 2. The number of nitrogens with zero attached hydrogens (tertiary/aromatic N) is 3. The molecule has 2 aliphatic heterocycles. The summed E-state index contributed by atoms with van der Waals surface area (Å²) in [5, 5.41) is 5.59. The summed E-state index contributed by atoms with van der Waals surface area (Å²) in [5.41, 5.74) is 1.89. The number of pyridine rings is 1. The van der Waals surface area contributed by atoms with Crippen LogP contribution in [0.25, 0.3) is 22.3 Å². The third-order valence-electron chi connectivity index (χ3n) is 12.8. The molecule has 2 saturated carbocycles. The summed E-state index contributed by atoms with van der Waals surface area (Å²) >= 11 is 1.48. The number of carbonyl (C=O) groups is 3. The Morgan fingerprint density at radius 2 is 1.89 bits per heavy atom. The molecular weight excluding hydrogens is 816 g/mol. The minimum absolute atomic E-state index is 0.0688. The van der Waals surface area contributed by atoms with Gasteiger partial charge in [0.05, 0.1) is 54.9 Å². The van der Waals surface area contributed by atoms with Gasteiger partial charge < -0.3 is 33.7 Å². The highest BCUT2D eigenvalue weighted by molar-refractivity contribution is 7.59. The van der Waals surface area contributed by atoms with Gasteiger partial charge in [-0.15, -0.1) is 11.3 Å². The summed E-state index contributed by atoms with van der Waals surface area (Å²) in [4.78, 5) is 66.3. The monoisotopic (exact) mass is 872 g/mol. The van der Waals surface area contributed by atoms with Crippen molar-refractivity contribution in [3.63, 3.8) is 0 Å². The molecule has 3 aromatic heterocycles. The van der Waals surface area contributed by atoms with Crippen molar-refractivity contribution in [2.75, 3.05) is 19.0 Å². The van der Waals surface area contributed by atoms with Gasteiger partial charge in [-0.25, -0.2) is 9.97 Å². The number of carbonyl (C=O) groups excluding carboxylic acids is 3. The molecule has 2 aliphatic carbocycles. The van der Waals surface area contributed by atoms with E-state index in [0.717, 1.165) is 61.9 Å². The molecule has 5 heterocycles. The summed E-state index contributed by atoms with van der Waals surface area (Å²) in [5.74, 6) is -0.383. The van der Waals surface area contributed by atoms with E-state index in [1.165, 1.54) is 17.6 Å². The lowest BCUT2D eigenvalue weighted by Crippen LogP contribution is -2.45. The molecule has 4 aromatic rings. The van der Waals surface area contributed by atoms with E-state index in [2.05, 4.69) is 11.4 Å². The number of thiazole rings is 1. The van der Waals surface area contributed by atoms with Gasteiger partial charge in [-0.1, -0.05) is 25.0 Å². The number of nitrogens with one attached hydrogen (secondary N) is 1. The van der Waals surface area contributed by atoms with Gasteiger partial charge in [0.15, 0.2) is 10.9 Å². The van der Waals surface area contributed by atoms with Crippen LogP contribution in [-0.2, 0) is 29.8 Å². The van der Waals surface area contributed by atoms with Crippen LogP contribution in [0.15, 0.2) is 64.6 Å². The van der Waals surface area contributed by atoms with Gasteiger partial charge in [-0.3, -0.25) is 18.9 Å². The van der Waals surface area contributed by atoms with Crippen molar-refractivity contribution < 1.29 is 42.5 Å². The number of ketones is 1. The fraction of sp³-hybridized carbons (Fsp3) is 0.543. The fourth-order valence-electron chi connectivity index (χ4n) is 9.42. The van der Waals surface area contributed by atoms with E-state index < -0.39 is 30.6 Å². The zero-order valence-corrected chi connectivity index (χ0v) is 37.0. The van der Waals surface area contributed by atoms with Crippen LogP contribution in [0.2, 0.25) is 0 Å². The van der Waals surface area contributed by atoms with E-state index >= 15 is 0 Å². The number of ether oxygens (including phenoxy) is 3. The van der Waals surface area contributed by atoms with Gasteiger partial charge in [0.2, 0.25) is 13.3 Å². The highest BCUT2D eigenvalue weighted by Gasteiger charge is 2.65. The molecular formula is C46H57N4O9PS. The molecule has 0 radical (unpaired) electrons. The summed E-state index contributed by atoms with van der Waals surface area (Å²) in [6.07, 6.45) is 12.3. The Bertz CT molecular complexity index is 2290. The van der Waals surface area contributed by atoms with Crippen LogP contribution in [0.4, 0.5) is 5.13 Å². The Labute approximate surface area is 361 Å². The predicted octanol–water partition coefficient (Wildman–Crippen LogP) is 9.33. The SMILES string of the molecule is COc1ccc2c(O[C@@H]3C[C@H]4C(=O)C[C@]5(P(=O)(O)Cc6ccco6)C[C@H]5/C=C\CCCCCC(CC(=O)OC5CCCC5)C(=O)N4C3)cc(-c3csc(NC(C)C)n3)nc2c1. The number of amides is 1. The summed E-state index contributed by atoms with van der Waals surface area (Å²) in [6.45, 7) is 4.19. The Morgan fingerprint density at radius 1 is 1.07 bits per heavy atom. The third kappa shape index (κ3) is 9.76. The zero-order chi connectivity index (χ0) is 42.7. The first-order valence-electron chi connectivity index (χ1n) is 21.8.